The summed E-state index contributed by atoms with van der Waals surface area (Å²) >= 11 is 0. The van der Waals surface area contributed by atoms with E-state index in [1.54, 1.807) is 6.20 Å². The molecule has 2 aromatic carbocycles. The zero-order valence-electron chi connectivity index (χ0n) is 17.1. The fraction of sp³-hybridized carbons (Fsp3) is 0.280. The van der Waals surface area contributed by atoms with Gasteiger partial charge in [0.15, 0.2) is 0 Å². The van der Waals surface area contributed by atoms with Crippen molar-refractivity contribution in [1.82, 2.24) is 9.88 Å². The van der Waals surface area contributed by atoms with E-state index in [-0.39, 0.29) is 5.91 Å². The lowest BCUT2D eigenvalue weighted by molar-refractivity contribution is 0.0744. The predicted octanol–water partition coefficient (Wildman–Crippen LogP) is 3.80. The highest BCUT2D eigenvalue weighted by atomic mass is 16.5. The fourth-order valence-corrected chi connectivity index (χ4v) is 3.64. The number of rotatable bonds is 7. The molecule has 1 aromatic heterocycles. The molecule has 0 bridgehead atoms. The maximum atomic E-state index is 13.3. The molecule has 1 aliphatic rings. The van der Waals surface area contributed by atoms with E-state index in [0.29, 0.717) is 31.9 Å². The van der Waals surface area contributed by atoms with Crippen LogP contribution in [0, 0.1) is 0 Å². The lowest BCUT2D eigenvalue weighted by Gasteiger charge is -2.28. The van der Waals surface area contributed by atoms with E-state index >= 15 is 0 Å². The van der Waals surface area contributed by atoms with Gasteiger partial charge in [-0.1, -0.05) is 60.7 Å². The first-order chi connectivity index (χ1) is 14.8. The van der Waals surface area contributed by atoms with E-state index in [1.807, 2.05) is 53.4 Å². The van der Waals surface area contributed by atoms with Crippen molar-refractivity contribution in [3.05, 3.63) is 95.7 Å². The Morgan fingerprint density at radius 3 is 2.20 bits per heavy atom. The van der Waals surface area contributed by atoms with Gasteiger partial charge >= 0.3 is 0 Å². The van der Waals surface area contributed by atoms with Gasteiger partial charge in [0.05, 0.1) is 18.8 Å². The highest BCUT2D eigenvalue weighted by Gasteiger charge is 2.18. The Labute approximate surface area is 177 Å². The zero-order valence-corrected chi connectivity index (χ0v) is 17.1. The minimum absolute atomic E-state index is 0.0100. The summed E-state index contributed by atoms with van der Waals surface area (Å²) in [6, 6.07) is 24.2. The van der Waals surface area contributed by atoms with Gasteiger partial charge in [0, 0.05) is 32.4 Å². The largest absolute Gasteiger partial charge is 0.378 e. The lowest BCUT2D eigenvalue weighted by Crippen LogP contribution is -2.37. The average Bonchev–Trinajstić information content (AvgIpc) is 2.83. The molecular weight excluding hydrogens is 374 g/mol. The minimum atomic E-state index is 0.0100. The summed E-state index contributed by atoms with van der Waals surface area (Å²) in [6.45, 7) is 4.33. The summed E-state index contributed by atoms with van der Waals surface area (Å²) in [4.78, 5) is 22.0. The topological polar surface area (TPSA) is 45.7 Å². The first-order valence-corrected chi connectivity index (χ1v) is 10.5. The summed E-state index contributed by atoms with van der Waals surface area (Å²) in [7, 11) is 0. The van der Waals surface area contributed by atoms with Crippen molar-refractivity contribution in [3.8, 4) is 0 Å². The van der Waals surface area contributed by atoms with Crippen LogP contribution < -0.4 is 4.90 Å². The number of hydrogen-bond acceptors (Lipinski definition) is 4. The van der Waals surface area contributed by atoms with Crippen LogP contribution in [0.25, 0.3) is 0 Å². The predicted molar refractivity (Wildman–Crippen MR) is 119 cm³/mol. The Hall–Kier alpha value is -3.18. The number of hydrogen-bond donors (Lipinski definition) is 0. The molecule has 1 aliphatic heterocycles. The van der Waals surface area contributed by atoms with Crippen LogP contribution in [-0.2, 0) is 17.7 Å². The maximum Gasteiger partial charge on any atom is 0.255 e. The molecule has 4 rings (SSSR count). The number of nitrogens with zero attached hydrogens (tertiary/aromatic N) is 3. The van der Waals surface area contributed by atoms with Gasteiger partial charge in [0.1, 0.15) is 5.82 Å². The van der Waals surface area contributed by atoms with Crippen molar-refractivity contribution < 1.29 is 9.53 Å². The monoisotopic (exact) mass is 401 g/mol. The van der Waals surface area contributed by atoms with Gasteiger partial charge in [0.2, 0.25) is 0 Å². The van der Waals surface area contributed by atoms with E-state index in [1.165, 1.54) is 5.56 Å². The molecule has 0 aliphatic carbocycles. The molecule has 3 aromatic rings. The standard InChI is InChI=1S/C25H27N3O2/c29-25(23-11-12-24(26-19-23)27-15-17-30-18-16-27)28(20-22-9-5-2-6-10-22)14-13-21-7-3-1-4-8-21/h1-12,19H,13-18,20H2. The first-order valence-electron chi connectivity index (χ1n) is 10.5. The number of carbonyl (C=O) groups is 1. The molecule has 154 valence electrons. The molecule has 0 spiro atoms. The molecule has 0 radical (unpaired) electrons. The third-order valence-corrected chi connectivity index (χ3v) is 5.35. The Bertz CT molecular complexity index is 924. The normalized spacial score (nSPS) is 13.8. The molecule has 5 nitrogen and oxygen atoms in total. The SMILES string of the molecule is O=C(c1ccc(N2CCOCC2)nc1)N(CCc1ccccc1)Cc1ccccc1. The Kier molecular flexibility index (Phi) is 6.72. The van der Waals surface area contributed by atoms with Crippen molar-refractivity contribution in [2.24, 2.45) is 0 Å². The highest BCUT2D eigenvalue weighted by Crippen LogP contribution is 2.16. The number of morpholine rings is 1. The van der Waals surface area contributed by atoms with Gasteiger partial charge in [-0.05, 0) is 29.7 Å². The van der Waals surface area contributed by atoms with Crippen LogP contribution in [0.4, 0.5) is 5.82 Å². The number of ether oxygens (including phenoxy) is 1. The van der Waals surface area contributed by atoms with Gasteiger partial charge in [-0.25, -0.2) is 4.98 Å². The Morgan fingerprint density at radius 2 is 1.57 bits per heavy atom. The number of aromatic nitrogens is 1. The quantitative estimate of drug-likeness (QED) is 0.604. The van der Waals surface area contributed by atoms with Crippen molar-refractivity contribution >= 4 is 11.7 Å². The second-order valence-electron chi connectivity index (χ2n) is 7.45. The highest BCUT2D eigenvalue weighted by molar-refractivity contribution is 5.94. The molecule has 1 fully saturated rings. The van der Waals surface area contributed by atoms with Crippen molar-refractivity contribution in [1.29, 1.82) is 0 Å². The Morgan fingerprint density at radius 1 is 0.900 bits per heavy atom. The van der Waals surface area contributed by atoms with Gasteiger partial charge in [-0.3, -0.25) is 4.79 Å². The lowest BCUT2D eigenvalue weighted by atomic mass is 10.1. The van der Waals surface area contributed by atoms with Gasteiger partial charge in [-0.2, -0.15) is 0 Å². The minimum Gasteiger partial charge on any atom is -0.378 e. The molecule has 1 saturated heterocycles. The van der Waals surface area contributed by atoms with E-state index in [2.05, 4.69) is 34.1 Å². The van der Waals surface area contributed by atoms with Gasteiger partial charge < -0.3 is 14.5 Å². The average molecular weight is 402 g/mol. The van der Waals surface area contributed by atoms with Crippen LogP contribution in [0.1, 0.15) is 21.5 Å². The van der Waals surface area contributed by atoms with Crippen LogP contribution in [0.3, 0.4) is 0 Å². The second kappa shape index (κ2) is 10.0. The molecule has 0 unspecified atom stereocenters. The summed E-state index contributed by atoms with van der Waals surface area (Å²) in [6.07, 6.45) is 2.52. The van der Waals surface area contributed by atoms with E-state index in [4.69, 9.17) is 4.74 Å². The number of pyridine rings is 1. The molecule has 1 amide bonds. The number of anilines is 1. The molecule has 0 N–H and O–H groups in total. The van der Waals surface area contributed by atoms with Crippen LogP contribution in [0.2, 0.25) is 0 Å². The summed E-state index contributed by atoms with van der Waals surface area (Å²) < 4.78 is 5.40. The Balaban J connectivity index is 1.48. The number of benzene rings is 2. The fourth-order valence-electron chi connectivity index (χ4n) is 3.64. The summed E-state index contributed by atoms with van der Waals surface area (Å²) in [5.41, 5.74) is 2.97. The third kappa shape index (κ3) is 5.24. The molecule has 2 heterocycles. The molecule has 5 heteroatoms. The molecule has 30 heavy (non-hydrogen) atoms. The zero-order chi connectivity index (χ0) is 20.6. The first kappa shape index (κ1) is 20.1. The number of amides is 1. The van der Waals surface area contributed by atoms with Crippen LogP contribution in [0.5, 0.6) is 0 Å². The van der Waals surface area contributed by atoms with Crippen molar-refractivity contribution in [2.75, 3.05) is 37.7 Å². The van der Waals surface area contributed by atoms with Crippen molar-refractivity contribution in [3.63, 3.8) is 0 Å². The third-order valence-electron chi connectivity index (χ3n) is 5.35. The van der Waals surface area contributed by atoms with Crippen molar-refractivity contribution in [2.45, 2.75) is 13.0 Å². The molecular formula is C25H27N3O2. The van der Waals surface area contributed by atoms with Crippen LogP contribution in [0.15, 0.2) is 79.0 Å². The summed E-state index contributed by atoms with van der Waals surface area (Å²) in [5.74, 6) is 0.907. The van der Waals surface area contributed by atoms with Crippen LogP contribution >= 0.6 is 0 Å². The number of carbonyl (C=O) groups excluding carboxylic acids is 1. The van der Waals surface area contributed by atoms with E-state index in [9.17, 15) is 4.79 Å². The van der Waals surface area contributed by atoms with Gasteiger partial charge in [0.25, 0.3) is 5.91 Å². The second-order valence-corrected chi connectivity index (χ2v) is 7.45. The smallest absolute Gasteiger partial charge is 0.255 e. The molecule has 0 saturated carbocycles. The van der Waals surface area contributed by atoms with Crippen LogP contribution in [-0.4, -0.2) is 48.6 Å². The maximum absolute atomic E-state index is 13.3. The van der Waals surface area contributed by atoms with E-state index < -0.39 is 0 Å². The van der Waals surface area contributed by atoms with Gasteiger partial charge in [-0.15, -0.1) is 0 Å². The molecule has 0 atom stereocenters. The summed E-state index contributed by atoms with van der Waals surface area (Å²) in [5, 5.41) is 0. The van der Waals surface area contributed by atoms with E-state index in [0.717, 1.165) is 30.9 Å².